The van der Waals surface area contributed by atoms with Crippen molar-refractivity contribution in [1.29, 1.82) is 0 Å². The second-order valence-electron chi connectivity index (χ2n) is 3.22. The molecule has 0 aliphatic rings. The van der Waals surface area contributed by atoms with Crippen molar-refractivity contribution in [2.45, 2.75) is 6.61 Å². The summed E-state index contributed by atoms with van der Waals surface area (Å²) >= 11 is 3.61. The summed E-state index contributed by atoms with van der Waals surface area (Å²) in [5, 5.41) is 10.8. The van der Waals surface area contributed by atoms with Crippen LogP contribution in [-0.4, -0.2) is 16.1 Å². The number of aromatic carboxylic acids is 1. The topological polar surface area (TPSA) is 59.4 Å². The molecular formula is C11H8INO3S. The molecule has 0 aliphatic carbocycles. The molecule has 1 N–H and O–H groups in total. The maximum atomic E-state index is 10.8. The minimum atomic E-state index is -0.958. The quantitative estimate of drug-likeness (QED) is 0.851. The largest absolute Gasteiger partial charge is 0.486 e. The number of benzene rings is 1. The number of aromatic nitrogens is 1. The Morgan fingerprint density at radius 2 is 2.35 bits per heavy atom. The smallest absolute Gasteiger partial charge is 0.335 e. The third-order valence-electron chi connectivity index (χ3n) is 2.04. The van der Waals surface area contributed by atoms with Crippen LogP contribution >= 0.6 is 33.9 Å². The van der Waals surface area contributed by atoms with Gasteiger partial charge in [0.2, 0.25) is 0 Å². The van der Waals surface area contributed by atoms with E-state index in [1.54, 1.807) is 17.6 Å². The minimum absolute atomic E-state index is 0.221. The molecular weight excluding hydrogens is 353 g/mol. The van der Waals surface area contributed by atoms with Crippen LogP contribution in [-0.2, 0) is 6.61 Å². The fraction of sp³-hybridized carbons (Fsp3) is 0.0909. The van der Waals surface area contributed by atoms with Gasteiger partial charge >= 0.3 is 5.97 Å². The van der Waals surface area contributed by atoms with Crippen LogP contribution in [0.2, 0.25) is 0 Å². The molecule has 6 heteroatoms. The molecule has 2 aromatic rings. The van der Waals surface area contributed by atoms with Crippen molar-refractivity contribution in [3.05, 3.63) is 43.9 Å². The van der Waals surface area contributed by atoms with Crippen molar-refractivity contribution in [2.24, 2.45) is 0 Å². The Balaban J connectivity index is 2.14. The van der Waals surface area contributed by atoms with Crippen LogP contribution in [0.1, 0.15) is 16.1 Å². The highest BCUT2D eigenvalue weighted by Gasteiger charge is 2.08. The summed E-state index contributed by atoms with van der Waals surface area (Å²) in [5.41, 5.74) is 2.79. The number of carboxylic acid groups (broad SMARTS) is 1. The number of nitrogens with zero attached hydrogens (tertiary/aromatic N) is 1. The van der Waals surface area contributed by atoms with Gasteiger partial charge in [-0.05, 0) is 40.8 Å². The zero-order chi connectivity index (χ0) is 12.3. The predicted molar refractivity (Wildman–Crippen MR) is 72.6 cm³/mol. The summed E-state index contributed by atoms with van der Waals surface area (Å²) in [4.78, 5) is 14.9. The summed E-state index contributed by atoms with van der Waals surface area (Å²) in [7, 11) is 0. The fourth-order valence-electron chi connectivity index (χ4n) is 1.21. The first kappa shape index (κ1) is 12.3. The van der Waals surface area contributed by atoms with Crippen LogP contribution in [0.15, 0.2) is 29.1 Å². The SMILES string of the molecule is O=C(O)c1ccc(I)c(OCc2cscn2)c1. The molecule has 1 heterocycles. The van der Waals surface area contributed by atoms with E-state index in [0.29, 0.717) is 12.4 Å². The van der Waals surface area contributed by atoms with E-state index in [1.807, 2.05) is 5.38 Å². The summed E-state index contributed by atoms with van der Waals surface area (Å²) in [6.45, 7) is 0.350. The van der Waals surface area contributed by atoms with E-state index in [4.69, 9.17) is 9.84 Å². The molecule has 17 heavy (non-hydrogen) atoms. The molecule has 2 rings (SSSR count). The Labute approximate surface area is 115 Å². The summed E-state index contributed by atoms with van der Waals surface area (Å²) in [6, 6.07) is 4.80. The summed E-state index contributed by atoms with van der Waals surface area (Å²) in [5.74, 6) is -0.390. The standard InChI is InChI=1S/C11H8INO3S/c12-9-2-1-7(11(14)15)3-10(9)16-4-8-5-17-6-13-8/h1-3,5-6H,4H2,(H,14,15). The van der Waals surface area contributed by atoms with Crippen molar-refractivity contribution < 1.29 is 14.6 Å². The van der Waals surface area contributed by atoms with Gasteiger partial charge in [-0.15, -0.1) is 11.3 Å². The minimum Gasteiger partial charge on any atom is -0.486 e. The van der Waals surface area contributed by atoms with Gasteiger partial charge in [0.1, 0.15) is 12.4 Å². The molecule has 88 valence electrons. The number of hydrogen-bond donors (Lipinski definition) is 1. The number of halogens is 1. The summed E-state index contributed by atoms with van der Waals surface area (Å²) in [6.07, 6.45) is 0. The first-order valence-corrected chi connectivity index (χ1v) is 6.71. The molecule has 0 radical (unpaired) electrons. The lowest BCUT2D eigenvalue weighted by Gasteiger charge is -2.07. The van der Waals surface area contributed by atoms with Crippen LogP contribution in [0.4, 0.5) is 0 Å². The summed E-state index contributed by atoms with van der Waals surface area (Å²) < 4.78 is 6.42. The lowest BCUT2D eigenvalue weighted by atomic mass is 10.2. The van der Waals surface area contributed by atoms with E-state index in [2.05, 4.69) is 27.6 Å². The average molecular weight is 361 g/mol. The van der Waals surface area contributed by atoms with Crippen molar-refractivity contribution in [3.8, 4) is 5.75 Å². The molecule has 0 saturated heterocycles. The highest BCUT2D eigenvalue weighted by molar-refractivity contribution is 14.1. The van der Waals surface area contributed by atoms with Gasteiger partial charge in [-0.2, -0.15) is 0 Å². The van der Waals surface area contributed by atoms with Gasteiger partial charge in [0, 0.05) is 5.38 Å². The Kier molecular flexibility index (Phi) is 3.95. The highest BCUT2D eigenvalue weighted by atomic mass is 127. The van der Waals surface area contributed by atoms with Crippen LogP contribution < -0.4 is 4.74 Å². The number of rotatable bonds is 4. The molecule has 0 amide bonds. The van der Waals surface area contributed by atoms with E-state index in [0.717, 1.165) is 9.26 Å². The van der Waals surface area contributed by atoms with Gasteiger partial charge in [-0.3, -0.25) is 0 Å². The lowest BCUT2D eigenvalue weighted by Crippen LogP contribution is -2.01. The van der Waals surface area contributed by atoms with E-state index in [1.165, 1.54) is 17.4 Å². The zero-order valence-corrected chi connectivity index (χ0v) is 11.6. The maximum Gasteiger partial charge on any atom is 0.335 e. The number of thiazole rings is 1. The number of carboxylic acids is 1. The molecule has 0 fully saturated rings. The Morgan fingerprint density at radius 1 is 1.53 bits per heavy atom. The predicted octanol–water partition coefficient (Wildman–Crippen LogP) is 3.02. The van der Waals surface area contributed by atoms with Gasteiger partial charge in [-0.25, -0.2) is 9.78 Å². The maximum absolute atomic E-state index is 10.8. The monoisotopic (exact) mass is 361 g/mol. The molecule has 4 nitrogen and oxygen atoms in total. The van der Waals surface area contributed by atoms with Crippen molar-refractivity contribution in [3.63, 3.8) is 0 Å². The molecule has 0 saturated carbocycles. The molecule has 0 atom stereocenters. The van der Waals surface area contributed by atoms with Gasteiger partial charge in [0.15, 0.2) is 0 Å². The molecule has 0 unspecified atom stereocenters. The molecule has 1 aromatic carbocycles. The van der Waals surface area contributed by atoms with Crippen LogP contribution in [0.5, 0.6) is 5.75 Å². The van der Waals surface area contributed by atoms with Crippen LogP contribution in [0, 0.1) is 3.57 Å². The number of hydrogen-bond acceptors (Lipinski definition) is 4. The van der Waals surface area contributed by atoms with Crippen molar-refractivity contribution in [1.82, 2.24) is 4.98 Å². The van der Waals surface area contributed by atoms with Crippen molar-refractivity contribution >= 4 is 39.9 Å². The molecule has 0 aliphatic heterocycles. The van der Waals surface area contributed by atoms with Gasteiger partial charge in [0.25, 0.3) is 0 Å². The first-order chi connectivity index (χ1) is 8.16. The van der Waals surface area contributed by atoms with Crippen LogP contribution in [0.25, 0.3) is 0 Å². The first-order valence-electron chi connectivity index (χ1n) is 4.69. The molecule has 0 bridgehead atoms. The second-order valence-corrected chi connectivity index (χ2v) is 5.10. The normalized spacial score (nSPS) is 10.2. The van der Waals surface area contributed by atoms with Crippen LogP contribution in [0.3, 0.4) is 0 Å². The highest BCUT2D eigenvalue weighted by Crippen LogP contribution is 2.23. The van der Waals surface area contributed by atoms with E-state index >= 15 is 0 Å². The molecule has 1 aromatic heterocycles. The Morgan fingerprint density at radius 3 is 3.00 bits per heavy atom. The van der Waals surface area contributed by atoms with Gasteiger partial charge < -0.3 is 9.84 Å². The number of ether oxygens (including phenoxy) is 1. The third kappa shape index (κ3) is 3.16. The van der Waals surface area contributed by atoms with Gasteiger partial charge in [-0.1, -0.05) is 0 Å². The van der Waals surface area contributed by atoms with E-state index in [9.17, 15) is 4.79 Å². The van der Waals surface area contributed by atoms with Gasteiger partial charge in [0.05, 0.1) is 20.3 Å². The van der Waals surface area contributed by atoms with E-state index in [-0.39, 0.29) is 5.56 Å². The Hall–Kier alpha value is -1.15. The molecule has 0 spiro atoms. The van der Waals surface area contributed by atoms with Crippen molar-refractivity contribution in [2.75, 3.05) is 0 Å². The average Bonchev–Trinajstić information content (AvgIpc) is 2.80. The third-order valence-corrected chi connectivity index (χ3v) is 3.56. The Bertz CT molecular complexity index is 528. The lowest BCUT2D eigenvalue weighted by molar-refractivity contribution is 0.0696. The fourth-order valence-corrected chi connectivity index (χ4v) is 2.24. The zero-order valence-electron chi connectivity index (χ0n) is 8.59. The number of carbonyl (C=O) groups is 1. The van der Waals surface area contributed by atoms with E-state index < -0.39 is 5.97 Å². The second kappa shape index (κ2) is 5.46.